The van der Waals surface area contributed by atoms with Crippen LogP contribution in [0, 0.1) is 0 Å². The fraction of sp³-hybridized carbons (Fsp3) is 0.810. The molecule has 30 heavy (non-hydrogen) atoms. The summed E-state index contributed by atoms with van der Waals surface area (Å²) in [4.78, 5) is 24.0. The molecule has 1 aliphatic heterocycles. The summed E-state index contributed by atoms with van der Waals surface area (Å²) in [6.45, 7) is 6.81. The maximum absolute atomic E-state index is 12.0. The molecule has 0 N–H and O–H groups in total. The highest BCUT2D eigenvalue weighted by Gasteiger charge is 2.51. The average Bonchev–Trinajstić information content (AvgIpc) is 2.75. The summed E-state index contributed by atoms with van der Waals surface area (Å²) in [5.74, 6) is -1.47. The standard InChI is InChI=1S/C21H35ClO8/c1-5-8-11-26-19-18(30-17(24)14-22)15(13-16(23)25-4)29-21(28-10-7-3)20(19)27-12-9-6-2/h7,10,15,18-21H,5-6,8-9,11-14H2,1-4H3/b10-7+/t15?,18-,19+,20?,21+/m1/s1. The van der Waals surface area contributed by atoms with E-state index in [4.69, 9.17) is 40.0 Å². The third kappa shape index (κ3) is 8.79. The first-order valence-corrected chi connectivity index (χ1v) is 11.0. The van der Waals surface area contributed by atoms with Crippen LogP contribution in [0.3, 0.4) is 0 Å². The summed E-state index contributed by atoms with van der Waals surface area (Å²) < 4.78 is 34.2. The second-order valence-electron chi connectivity index (χ2n) is 6.89. The number of carbonyl (C=O) groups is 2. The Bertz CT molecular complexity index is 527. The summed E-state index contributed by atoms with van der Waals surface area (Å²) in [6, 6.07) is 0. The first kappa shape index (κ1) is 26.7. The van der Waals surface area contributed by atoms with Gasteiger partial charge >= 0.3 is 11.9 Å². The number of halogens is 1. The molecule has 1 fully saturated rings. The zero-order chi connectivity index (χ0) is 22.4. The Morgan fingerprint density at radius 3 is 2.17 bits per heavy atom. The van der Waals surface area contributed by atoms with E-state index in [1.807, 2.05) is 13.8 Å². The van der Waals surface area contributed by atoms with E-state index >= 15 is 0 Å². The SMILES string of the molecule is C/C=C/O[C@H]1OC(CC(=O)OC)[C@@H](OC(=O)CCl)[C@H](OCCCC)C1OCCCC. The fourth-order valence-electron chi connectivity index (χ4n) is 2.97. The van der Waals surface area contributed by atoms with E-state index < -0.39 is 42.6 Å². The molecule has 1 aliphatic rings. The summed E-state index contributed by atoms with van der Waals surface area (Å²) >= 11 is 5.65. The van der Waals surface area contributed by atoms with Crippen molar-refractivity contribution in [2.75, 3.05) is 26.2 Å². The minimum absolute atomic E-state index is 0.137. The number of esters is 2. The van der Waals surface area contributed by atoms with E-state index in [1.165, 1.54) is 13.4 Å². The molecule has 9 heteroatoms. The van der Waals surface area contributed by atoms with E-state index in [-0.39, 0.29) is 12.3 Å². The van der Waals surface area contributed by atoms with Crippen LogP contribution in [-0.2, 0) is 38.0 Å². The van der Waals surface area contributed by atoms with E-state index in [1.54, 1.807) is 6.08 Å². The molecule has 0 radical (unpaired) electrons. The van der Waals surface area contributed by atoms with Crippen molar-refractivity contribution in [2.24, 2.45) is 0 Å². The number of ether oxygens (including phenoxy) is 6. The molecule has 0 amide bonds. The minimum Gasteiger partial charge on any atom is -0.470 e. The Morgan fingerprint density at radius 1 is 1.00 bits per heavy atom. The van der Waals surface area contributed by atoms with Gasteiger partial charge in [-0.05, 0) is 19.8 Å². The number of allylic oxidation sites excluding steroid dienone is 1. The largest absolute Gasteiger partial charge is 0.470 e. The number of alkyl halides is 1. The topological polar surface area (TPSA) is 89.5 Å². The second kappa shape index (κ2) is 15.5. The van der Waals surface area contributed by atoms with Gasteiger partial charge in [0.05, 0.1) is 19.8 Å². The highest BCUT2D eigenvalue weighted by molar-refractivity contribution is 6.26. The van der Waals surface area contributed by atoms with E-state index in [0.717, 1.165) is 25.7 Å². The van der Waals surface area contributed by atoms with Crippen LogP contribution < -0.4 is 0 Å². The van der Waals surface area contributed by atoms with Crippen LogP contribution in [0.25, 0.3) is 0 Å². The smallest absolute Gasteiger partial charge is 0.321 e. The second-order valence-corrected chi connectivity index (χ2v) is 7.16. The molecule has 0 aromatic rings. The monoisotopic (exact) mass is 450 g/mol. The summed E-state index contributed by atoms with van der Waals surface area (Å²) in [6.07, 6.45) is 2.67. The molecule has 0 aliphatic carbocycles. The van der Waals surface area contributed by atoms with Gasteiger partial charge in [0.2, 0.25) is 6.29 Å². The molecule has 8 nitrogen and oxygen atoms in total. The first-order chi connectivity index (χ1) is 14.5. The van der Waals surface area contributed by atoms with Gasteiger partial charge in [0.1, 0.15) is 24.2 Å². The first-order valence-electron chi connectivity index (χ1n) is 10.5. The lowest BCUT2D eigenvalue weighted by atomic mass is 9.95. The van der Waals surface area contributed by atoms with Crippen LogP contribution in [-0.4, -0.2) is 68.8 Å². The van der Waals surface area contributed by atoms with Crippen molar-refractivity contribution in [1.82, 2.24) is 0 Å². The van der Waals surface area contributed by atoms with Crippen LogP contribution in [0.5, 0.6) is 0 Å². The Morgan fingerprint density at radius 2 is 1.63 bits per heavy atom. The number of unbranched alkanes of at least 4 members (excludes halogenated alkanes) is 2. The normalized spacial score (nSPS) is 26.5. The third-order valence-corrected chi connectivity index (χ3v) is 4.75. The quantitative estimate of drug-likeness (QED) is 0.172. The van der Waals surface area contributed by atoms with Gasteiger partial charge in [0.15, 0.2) is 6.10 Å². The molecule has 0 saturated carbocycles. The predicted molar refractivity (Wildman–Crippen MR) is 111 cm³/mol. The summed E-state index contributed by atoms with van der Waals surface area (Å²) in [5, 5.41) is 0. The Kier molecular flexibility index (Phi) is 13.7. The van der Waals surface area contributed by atoms with E-state index in [0.29, 0.717) is 13.2 Å². The number of methoxy groups -OCH3 is 1. The predicted octanol–water partition coefficient (Wildman–Crippen LogP) is 3.35. The van der Waals surface area contributed by atoms with Crippen LogP contribution in [0.2, 0.25) is 0 Å². The van der Waals surface area contributed by atoms with Crippen LogP contribution in [0.4, 0.5) is 0 Å². The van der Waals surface area contributed by atoms with E-state index in [9.17, 15) is 9.59 Å². The van der Waals surface area contributed by atoms with Crippen molar-refractivity contribution in [3.63, 3.8) is 0 Å². The molecular formula is C21H35ClO8. The van der Waals surface area contributed by atoms with Crippen molar-refractivity contribution in [3.8, 4) is 0 Å². The van der Waals surface area contributed by atoms with Crippen molar-refractivity contribution >= 4 is 23.5 Å². The van der Waals surface area contributed by atoms with Crippen molar-refractivity contribution in [3.05, 3.63) is 12.3 Å². The lowest BCUT2D eigenvalue weighted by Gasteiger charge is -2.44. The molecule has 1 heterocycles. The zero-order valence-electron chi connectivity index (χ0n) is 18.3. The molecule has 1 saturated heterocycles. The van der Waals surface area contributed by atoms with Crippen LogP contribution in [0.15, 0.2) is 12.3 Å². The van der Waals surface area contributed by atoms with Gasteiger partial charge in [-0.3, -0.25) is 9.59 Å². The van der Waals surface area contributed by atoms with Crippen molar-refractivity contribution in [2.45, 2.75) is 83.6 Å². The van der Waals surface area contributed by atoms with Crippen LogP contribution in [0.1, 0.15) is 52.9 Å². The van der Waals surface area contributed by atoms with Gasteiger partial charge in [0.25, 0.3) is 0 Å². The lowest BCUT2D eigenvalue weighted by molar-refractivity contribution is -0.303. The molecule has 0 aromatic carbocycles. The van der Waals surface area contributed by atoms with Gasteiger partial charge in [-0.15, -0.1) is 11.6 Å². The van der Waals surface area contributed by atoms with Gasteiger partial charge in [0, 0.05) is 13.2 Å². The van der Waals surface area contributed by atoms with Gasteiger partial charge in [-0.2, -0.15) is 0 Å². The molecule has 5 atom stereocenters. The highest BCUT2D eigenvalue weighted by Crippen LogP contribution is 2.31. The molecule has 2 unspecified atom stereocenters. The van der Waals surface area contributed by atoms with Crippen molar-refractivity contribution < 1.29 is 38.0 Å². The number of hydrogen-bond donors (Lipinski definition) is 0. The number of carbonyl (C=O) groups excluding carboxylic acids is 2. The molecular weight excluding hydrogens is 416 g/mol. The van der Waals surface area contributed by atoms with Gasteiger partial charge < -0.3 is 28.4 Å². The summed E-state index contributed by atoms with van der Waals surface area (Å²) in [7, 11) is 1.28. The summed E-state index contributed by atoms with van der Waals surface area (Å²) in [5.41, 5.74) is 0. The highest BCUT2D eigenvalue weighted by atomic mass is 35.5. The zero-order valence-corrected chi connectivity index (χ0v) is 19.1. The van der Waals surface area contributed by atoms with Gasteiger partial charge in [-0.1, -0.05) is 32.8 Å². The molecule has 0 aromatic heterocycles. The molecule has 1 rings (SSSR count). The third-order valence-electron chi connectivity index (χ3n) is 4.53. The molecule has 0 bridgehead atoms. The molecule has 174 valence electrons. The Labute approximate surface area is 184 Å². The van der Waals surface area contributed by atoms with Crippen molar-refractivity contribution in [1.29, 1.82) is 0 Å². The van der Waals surface area contributed by atoms with Crippen LogP contribution >= 0.6 is 11.6 Å². The maximum Gasteiger partial charge on any atom is 0.321 e. The van der Waals surface area contributed by atoms with E-state index in [2.05, 4.69) is 6.92 Å². The maximum atomic E-state index is 12.0. The lowest BCUT2D eigenvalue weighted by Crippen LogP contribution is -2.61. The fourth-order valence-corrected chi connectivity index (χ4v) is 3.04. The average molecular weight is 451 g/mol. The Balaban J connectivity index is 3.21. The van der Waals surface area contributed by atoms with Gasteiger partial charge in [-0.25, -0.2) is 0 Å². The molecule has 0 spiro atoms. The minimum atomic E-state index is -0.899. The number of hydrogen-bond acceptors (Lipinski definition) is 8. The number of rotatable bonds is 14. The Hall–Kier alpha value is -1.35.